The SMILES string of the molecule is CCCCNC(=O)C(C)Nc1cc(N2C(=O)CC(=C(C)C)C2=O)ccc1Cl. The van der Waals surface area contributed by atoms with Crippen LogP contribution in [0, 0.1) is 0 Å². The molecule has 0 saturated carbocycles. The Bertz CT molecular complexity index is 785. The van der Waals surface area contributed by atoms with Gasteiger partial charge < -0.3 is 10.6 Å². The van der Waals surface area contributed by atoms with Crippen LogP contribution in [-0.4, -0.2) is 30.3 Å². The lowest BCUT2D eigenvalue weighted by Gasteiger charge is -2.19. The number of benzene rings is 1. The second-order valence-electron chi connectivity index (χ2n) is 6.86. The van der Waals surface area contributed by atoms with Crippen LogP contribution in [0.25, 0.3) is 0 Å². The first-order valence-electron chi connectivity index (χ1n) is 9.13. The van der Waals surface area contributed by atoms with Crippen LogP contribution in [0.5, 0.6) is 0 Å². The van der Waals surface area contributed by atoms with Crippen molar-refractivity contribution in [3.05, 3.63) is 34.4 Å². The van der Waals surface area contributed by atoms with E-state index in [2.05, 4.69) is 17.6 Å². The molecule has 1 aromatic rings. The average Bonchev–Trinajstić information content (AvgIpc) is 2.91. The molecule has 1 atom stereocenters. The minimum atomic E-state index is -0.507. The summed E-state index contributed by atoms with van der Waals surface area (Å²) in [6.07, 6.45) is 2.02. The van der Waals surface area contributed by atoms with Crippen molar-refractivity contribution in [1.82, 2.24) is 5.32 Å². The molecule has 146 valence electrons. The van der Waals surface area contributed by atoms with Gasteiger partial charge in [0.1, 0.15) is 6.04 Å². The van der Waals surface area contributed by atoms with Crippen molar-refractivity contribution < 1.29 is 14.4 Å². The first-order chi connectivity index (χ1) is 12.8. The molecule has 1 fully saturated rings. The maximum atomic E-state index is 12.6. The van der Waals surface area contributed by atoms with E-state index in [0.29, 0.717) is 28.5 Å². The van der Waals surface area contributed by atoms with Gasteiger partial charge in [0.2, 0.25) is 11.8 Å². The molecule has 2 N–H and O–H groups in total. The number of carbonyl (C=O) groups is 3. The highest BCUT2D eigenvalue weighted by Crippen LogP contribution is 2.33. The lowest BCUT2D eigenvalue weighted by Crippen LogP contribution is -2.38. The summed E-state index contributed by atoms with van der Waals surface area (Å²) in [6, 6.07) is 4.36. The molecule has 1 aliphatic heterocycles. The fraction of sp³-hybridized carbons (Fsp3) is 0.450. The zero-order chi connectivity index (χ0) is 20.1. The van der Waals surface area contributed by atoms with E-state index < -0.39 is 6.04 Å². The molecule has 0 spiro atoms. The van der Waals surface area contributed by atoms with Crippen LogP contribution in [0.2, 0.25) is 5.02 Å². The highest BCUT2D eigenvalue weighted by Gasteiger charge is 2.35. The minimum Gasteiger partial charge on any atom is -0.373 e. The Labute approximate surface area is 164 Å². The van der Waals surface area contributed by atoms with Crippen LogP contribution in [0.15, 0.2) is 29.3 Å². The number of nitrogens with zero attached hydrogens (tertiary/aromatic N) is 1. The number of unbranched alkanes of at least 4 members (excludes halogenated alkanes) is 1. The molecule has 1 saturated heterocycles. The molecule has 0 aliphatic carbocycles. The first kappa shape index (κ1) is 21.0. The second-order valence-corrected chi connectivity index (χ2v) is 7.27. The molecule has 2 rings (SSSR count). The molecule has 0 aromatic heterocycles. The first-order valence-corrected chi connectivity index (χ1v) is 9.51. The molecule has 1 heterocycles. The summed E-state index contributed by atoms with van der Waals surface area (Å²) in [5.74, 6) is -0.710. The van der Waals surface area contributed by atoms with Gasteiger partial charge in [-0.15, -0.1) is 0 Å². The summed E-state index contributed by atoms with van der Waals surface area (Å²) in [4.78, 5) is 38.2. The predicted octanol–water partition coefficient (Wildman–Crippen LogP) is 3.66. The van der Waals surface area contributed by atoms with Crippen LogP contribution in [-0.2, 0) is 14.4 Å². The highest BCUT2D eigenvalue weighted by atomic mass is 35.5. The Hall–Kier alpha value is -2.34. The number of carbonyl (C=O) groups excluding carboxylic acids is 3. The molecule has 7 heteroatoms. The van der Waals surface area contributed by atoms with Crippen molar-refractivity contribution in [3.63, 3.8) is 0 Å². The van der Waals surface area contributed by atoms with Crippen molar-refractivity contribution in [2.45, 2.75) is 53.0 Å². The number of halogens is 1. The standard InChI is InChI=1S/C20H26ClN3O3/c1-5-6-9-22-19(26)13(4)23-17-10-14(7-8-16(17)21)24-18(25)11-15(12(2)3)20(24)27/h7-8,10,13,23H,5-6,9,11H2,1-4H3,(H,22,26). The van der Waals surface area contributed by atoms with Gasteiger partial charge in [0.05, 0.1) is 22.8 Å². The van der Waals surface area contributed by atoms with E-state index in [1.807, 2.05) is 13.8 Å². The highest BCUT2D eigenvalue weighted by molar-refractivity contribution is 6.34. The van der Waals surface area contributed by atoms with Crippen molar-refractivity contribution >= 4 is 40.7 Å². The number of allylic oxidation sites excluding steroid dienone is 1. The van der Waals surface area contributed by atoms with Crippen LogP contribution >= 0.6 is 11.6 Å². The van der Waals surface area contributed by atoms with Gasteiger partial charge in [-0.25, -0.2) is 4.90 Å². The molecule has 6 nitrogen and oxygen atoms in total. The molecular weight excluding hydrogens is 366 g/mol. The Balaban J connectivity index is 2.19. The summed E-state index contributed by atoms with van der Waals surface area (Å²) in [6.45, 7) is 8.05. The fourth-order valence-corrected chi connectivity index (χ4v) is 2.98. The van der Waals surface area contributed by atoms with Crippen molar-refractivity contribution in [2.75, 3.05) is 16.8 Å². The van der Waals surface area contributed by atoms with Gasteiger partial charge in [-0.2, -0.15) is 0 Å². The zero-order valence-electron chi connectivity index (χ0n) is 16.2. The van der Waals surface area contributed by atoms with E-state index in [-0.39, 0.29) is 24.1 Å². The van der Waals surface area contributed by atoms with Gasteiger partial charge >= 0.3 is 0 Å². The summed E-state index contributed by atoms with van der Waals surface area (Å²) in [5.41, 5.74) is 2.29. The van der Waals surface area contributed by atoms with Crippen LogP contribution in [0.3, 0.4) is 0 Å². The van der Waals surface area contributed by atoms with Crippen molar-refractivity contribution in [1.29, 1.82) is 0 Å². The van der Waals surface area contributed by atoms with Crippen molar-refractivity contribution in [2.24, 2.45) is 0 Å². The molecule has 0 bridgehead atoms. The smallest absolute Gasteiger partial charge is 0.261 e. The minimum absolute atomic E-state index is 0.1000. The molecule has 27 heavy (non-hydrogen) atoms. The number of hydrogen-bond donors (Lipinski definition) is 2. The summed E-state index contributed by atoms with van der Waals surface area (Å²) in [7, 11) is 0. The molecule has 1 aliphatic rings. The largest absolute Gasteiger partial charge is 0.373 e. The van der Waals surface area contributed by atoms with Gasteiger partial charge in [-0.05, 0) is 45.4 Å². The molecule has 1 aromatic carbocycles. The Morgan fingerprint density at radius 3 is 2.59 bits per heavy atom. The van der Waals surface area contributed by atoms with E-state index in [4.69, 9.17) is 11.6 Å². The molecule has 3 amide bonds. The lowest BCUT2D eigenvalue weighted by atomic mass is 10.1. The third-order valence-corrected chi connectivity index (χ3v) is 4.77. The Morgan fingerprint density at radius 2 is 2.00 bits per heavy atom. The van der Waals surface area contributed by atoms with Gasteiger partial charge in [-0.3, -0.25) is 14.4 Å². The lowest BCUT2D eigenvalue weighted by molar-refractivity contribution is -0.122. The maximum Gasteiger partial charge on any atom is 0.261 e. The molecular formula is C20H26ClN3O3. The quantitative estimate of drug-likeness (QED) is 0.422. The van der Waals surface area contributed by atoms with Crippen LogP contribution < -0.4 is 15.5 Å². The van der Waals surface area contributed by atoms with Gasteiger partial charge in [0, 0.05) is 12.1 Å². The summed E-state index contributed by atoms with van der Waals surface area (Å²) >= 11 is 6.24. The number of nitrogens with one attached hydrogen (secondary N) is 2. The average molecular weight is 392 g/mol. The molecule has 1 unspecified atom stereocenters. The normalized spacial score (nSPS) is 15.1. The number of hydrogen-bond acceptors (Lipinski definition) is 4. The van der Waals surface area contributed by atoms with E-state index in [0.717, 1.165) is 23.3 Å². The Kier molecular flexibility index (Phi) is 7.02. The Morgan fingerprint density at radius 1 is 1.30 bits per heavy atom. The monoisotopic (exact) mass is 391 g/mol. The second kappa shape index (κ2) is 9.04. The zero-order valence-corrected chi connectivity index (χ0v) is 16.9. The van der Waals surface area contributed by atoms with E-state index >= 15 is 0 Å². The number of imide groups is 1. The van der Waals surface area contributed by atoms with E-state index in [1.54, 1.807) is 25.1 Å². The topological polar surface area (TPSA) is 78.5 Å². The maximum absolute atomic E-state index is 12.6. The third-order valence-electron chi connectivity index (χ3n) is 4.45. The van der Waals surface area contributed by atoms with Gasteiger partial charge in [-0.1, -0.05) is 30.5 Å². The van der Waals surface area contributed by atoms with Crippen LogP contribution in [0.1, 0.15) is 47.0 Å². The molecule has 0 radical (unpaired) electrons. The summed E-state index contributed by atoms with van der Waals surface area (Å²) < 4.78 is 0. The van der Waals surface area contributed by atoms with E-state index in [9.17, 15) is 14.4 Å². The summed E-state index contributed by atoms with van der Waals surface area (Å²) in [5, 5.41) is 6.33. The number of rotatable bonds is 7. The van der Waals surface area contributed by atoms with Gasteiger partial charge in [0.15, 0.2) is 0 Å². The van der Waals surface area contributed by atoms with Gasteiger partial charge in [0.25, 0.3) is 5.91 Å². The third kappa shape index (κ3) is 4.89. The number of amides is 3. The van der Waals surface area contributed by atoms with Crippen molar-refractivity contribution in [3.8, 4) is 0 Å². The number of anilines is 2. The fourth-order valence-electron chi connectivity index (χ4n) is 2.81. The van der Waals surface area contributed by atoms with E-state index in [1.165, 1.54) is 0 Å². The van der Waals surface area contributed by atoms with Crippen LogP contribution in [0.4, 0.5) is 11.4 Å². The predicted molar refractivity (Wildman–Crippen MR) is 108 cm³/mol.